The number of hydrogen-bond donors (Lipinski definition) is 3. The third-order valence-electron chi connectivity index (χ3n) is 3.40. The Morgan fingerprint density at radius 3 is 2.79 bits per heavy atom. The smallest absolute Gasteiger partial charge is 0.217 e. The van der Waals surface area contributed by atoms with Gasteiger partial charge in [0.15, 0.2) is 6.29 Å². The van der Waals surface area contributed by atoms with Crippen LogP contribution in [0.3, 0.4) is 0 Å². The molecule has 3 unspecified atom stereocenters. The van der Waals surface area contributed by atoms with Crippen LogP contribution in [0.5, 0.6) is 0 Å². The minimum absolute atomic E-state index is 0.0190. The molecule has 110 valence electrons. The van der Waals surface area contributed by atoms with Crippen molar-refractivity contribution in [2.75, 3.05) is 13.2 Å². The minimum Gasteiger partial charge on any atom is -0.388 e. The fraction of sp³-hybridized carbons (Fsp3) is 0.917. The van der Waals surface area contributed by atoms with Crippen LogP contribution < -0.4 is 5.32 Å². The first-order chi connectivity index (χ1) is 8.85. The maximum atomic E-state index is 11.1. The molecule has 2 heterocycles. The lowest BCUT2D eigenvalue weighted by Gasteiger charge is -2.42. The molecule has 0 spiro atoms. The van der Waals surface area contributed by atoms with Gasteiger partial charge >= 0.3 is 0 Å². The number of nitrogens with one attached hydrogen (secondary N) is 1. The summed E-state index contributed by atoms with van der Waals surface area (Å²) in [6.07, 6.45) is -3.12. The van der Waals surface area contributed by atoms with E-state index in [1.807, 2.05) is 13.8 Å². The maximum absolute atomic E-state index is 11.1. The molecule has 2 fully saturated rings. The van der Waals surface area contributed by atoms with Crippen molar-refractivity contribution in [1.82, 2.24) is 5.32 Å². The van der Waals surface area contributed by atoms with Crippen LogP contribution in [0.15, 0.2) is 0 Å². The summed E-state index contributed by atoms with van der Waals surface area (Å²) in [4.78, 5) is 11.1. The highest BCUT2D eigenvalue weighted by Crippen LogP contribution is 2.37. The Morgan fingerprint density at radius 1 is 1.53 bits per heavy atom. The molecule has 0 saturated carbocycles. The number of aliphatic hydroxyl groups excluding tert-OH is 2. The van der Waals surface area contributed by atoms with Crippen molar-refractivity contribution in [3.05, 3.63) is 0 Å². The highest BCUT2D eigenvalue weighted by molar-refractivity contribution is 5.73. The maximum Gasteiger partial charge on any atom is 0.217 e. The van der Waals surface area contributed by atoms with E-state index in [9.17, 15) is 15.0 Å². The second-order valence-electron chi connectivity index (χ2n) is 5.38. The van der Waals surface area contributed by atoms with Crippen molar-refractivity contribution in [2.24, 2.45) is 0 Å². The summed E-state index contributed by atoms with van der Waals surface area (Å²) in [5, 5.41) is 22.9. The van der Waals surface area contributed by atoms with Gasteiger partial charge in [0.05, 0.1) is 19.3 Å². The topological polar surface area (TPSA) is 97.3 Å². The van der Waals surface area contributed by atoms with E-state index in [1.54, 1.807) is 0 Å². The fourth-order valence-electron chi connectivity index (χ4n) is 2.38. The Morgan fingerprint density at radius 2 is 2.21 bits per heavy atom. The molecule has 3 N–H and O–H groups in total. The summed E-state index contributed by atoms with van der Waals surface area (Å²) >= 11 is 0. The van der Waals surface area contributed by atoms with Gasteiger partial charge in [-0.25, -0.2) is 0 Å². The van der Waals surface area contributed by atoms with Gasteiger partial charge in [0.2, 0.25) is 5.91 Å². The van der Waals surface area contributed by atoms with Crippen LogP contribution in [-0.4, -0.2) is 65.6 Å². The van der Waals surface area contributed by atoms with Gasteiger partial charge in [-0.2, -0.15) is 0 Å². The van der Waals surface area contributed by atoms with Gasteiger partial charge in [-0.3, -0.25) is 4.79 Å². The summed E-state index contributed by atoms with van der Waals surface area (Å²) in [6, 6.07) is -0.776. The van der Waals surface area contributed by atoms with Crippen molar-refractivity contribution >= 4 is 5.91 Å². The lowest BCUT2D eigenvalue weighted by Crippen LogP contribution is -2.66. The molecule has 0 aromatic heterocycles. The summed E-state index contributed by atoms with van der Waals surface area (Å²) in [5.74, 6) is -0.318. The van der Waals surface area contributed by atoms with Crippen molar-refractivity contribution in [2.45, 2.75) is 57.0 Å². The third-order valence-corrected chi connectivity index (χ3v) is 3.40. The van der Waals surface area contributed by atoms with Gasteiger partial charge in [-0.05, 0) is 13.8 Å². The van der Waals surface area contributed by atoms with Crippen LogP contribution in [0, 0.1) is 0 Å². The summed E-state index contributed by atoms with van der Waals surface area (Å²) in [5.41, 5.74) is -1.07. The predicted molar refractivity (Wildman–Crippen MR) is 64.3 cm³/mol. The third kappa shape index (κ3) is 2.75. The molecule has 0 aliphatic carbocycles. The summed E-state index contributed by atoms with van der Waals surface area (Å²) in [7, 11) is 0. The molecule has 2 aliphatic heterocycles. The van der Waals surface area contributed by atoms with Gasteiger partial charge in [0, 0.05) is 6.92 Å². The van der Waals surface area contributed by atoms with Crippen LogP contribution >= 0.6 is 0 Å². The average molecular weight is 275 g/mol. The number of amides is 1. The number of fused-ring (bicyclic) bond motifs is 2. The molecule has 2 bridgehead atoms. The second kappa shape index (κ2) is 5.34. The minimum atomic E-state index is -1.18. The second-order valence-corrected chi connectivity index (χ2v) is 5.38. The zero-order valence-electron chi connectivity index (χ0n) is 11.3. The zero-order chi connectivity index (χ0) is 14.2. The Hall–Kier alpha value is -0.730. The molecule has 5 atom stereocenters. The molecule has 0 aromatic rings. The van der Waals surface area contributed by atoms with Crippen molar-refractivity contribution < 1.29 is 29.2 Å². The monoisotopic (exact) mass is 275 g/mol. The number of carbonyl (C=O) groups excluding carboxylic acids is 1. The predicted octanol–water partition coefficient (Wildman–Crippen LogP) is -1.24. The first-order valence-electron chi connectivity index (χ1n) is 6.40. The molecule has 0 radical (unpaired) electrons. The number of carbonyl (C=O) groups is 1. The molecular formula is C12H21NO6. The zero-order valence-corrected chi connectivity index (χ0v) is 11.3. The fourth-order valence-corrected chi connectivity index (χ4v) is 2.38. The largest absolute Gasteiger partial charge is 0.388 e. The molecule has 2 rings (SSSR count). The van der Waals surface area contributed by atoms with Gasteiger partial charge in [0.25, 0.3) is 0 Å². The Bertz CT molecular complexity index is 349. The van der Waals surface area contributed by atoms with E-state index in [1.165, 1.54) is 6.92 Å². The number of ether oxygens (including phenoxy) is 3. The SMILES string of the molecule is CC(=O)NC1C(O)C(O)[C@@]2(COC(C)C)CO[C@@H]1O2. The van der Waals surface area contributed by atoms with Gasteiger partial charge in [-0.1, -0.05) is 0 Å². The van der Waals surface area contributed by atoms with E-state index in [0.717, 1.165) is 0 Å². The van der Waals surface area contributed by atoms with Crippen molar-refractivity contribution in [3.8, 4) is 0 Å². The normalized spacial score (nSPS) is 41.6. The van der Waals surface area contributed by atoms with Crippen LogP contribution in [0.25, 0.3) is 0 Å². The molecule has 1 amide bonds. The molecule has 0 aromatic carbocycles. The number of hydrogen-bond acceptors (Lipinski definition) is 6. The van der Waals surface area contributed by atoms with Gasteiger partial charge in [-0.15, -0.1) is 0 Å². The Labute approximate surface area is 111 Å². The first kappa shape index (κ1) is 14.7. The Kier molecular flexibility index (Phi) is 4.12. The van der Waals surface area contributed by atoms with E-state index in [4.69, 9.17) is 14.2 Å². The molecule has 7 heteroatoms. The van der Waals surface area contributed by atoms with Gasteiger partial charge in [0.1, 0.15) is 23.9 Å². The molecule has 2 saturated heterocycles. The highest BCUT2D eigenvalue weighted by Gasteiger charge is 2.59. The molecule has 19 heavy (non-hydrogen) atoms. The first-order valence-corrected chi connectivity index (χ1v) is 6.40. The quantitative estimate of drug-likeness (QED) is 0.594. The highest BCUT2D eigenvalue weighted by atomic mass is 16.7. The average Bonchev–Trinajstić information content (AvgIpc) is 2.73. The number of aliphatic hydroxyl groups is 2. The van der Waals surface area contributed by atoms with E-state index >= 15 is 0 Å². The lowest BCUT2D eigenvalue weighted by atomic mass is 9.88. The standard InChI is InChI=1S/C12H21NO6/c1-6(2)17-4-12-5-18-11(19-12)8(13-7(3)14)9(15)10(12)16/h6,8-11,15-16H,4-5H2,1-3H3,(H,13,14)/t8?,9?,10?,11-,12-/m1/s1. The van der Waals surface area contributed by atoms with E-state index in [0.29, 0.717) is 0 Å². The lowest BCUT2D eigenvalue weighted by molar-refractivity contribution is -0.239. The van der Waals surface area contributed by atoms with Crippen LogP contribution in [0.4, 0.5) is 0 Å². The van der Waals surface area contributed by atoms with Crippen LogP contribution in [0.1, 0.15) is 20.8 Å². The molecule has 7 nitrogen and oxygen atoms in total. The summed E-state index contributed by atoms with van der Waals surface area (Å²) < 4.78 is 16.6. The van der Waals surface area contributed by atoms with Crippen LogP contribution in [-0.2, 0) is 19.0 Å². The molecular weight excluding hydrogens is 254 g/mol. The number of rotatable bonds is 4. The van der Waals surface area contributed by atoms with Crippen molar-refractivity contribution in [1.29, 1.82) is 0 Å². The summed E-state index contributed by atoms with van der Waals surface area (Å²) in [6.45, 7) is 5.33. The Balaban J connectivity index is 2.10. The van der Waals surface area contributed by atoms with Gasteiger partial charge < -0.3 is 29.7 Å². The van der Waals surface area contributed by atoms with Crippen molar-refractivity contribution in [3.63, 3.8) is 0 Å². The van der Waals surface area contributed by atoms with E-state index < -0.39 is 30.1 Å². The van der Waals surface area contributed by atoms with E-state index in [-0.39, 0.29) is 25.2 Å². The molecule has 2 aliphatic rings. The van der Waals surface area contributed by atoms with E-state index in [2.05, 4.69) is 5.32 Å². The van der Waals surface area contributed by atoms with Crippen LogP contribution in [0.2, 0.25) is 0 Å².